The molecule has 1 atom stereocenters. The van der Waals surface area contributed by atoms with Crippen LogP contribution in [0.2, 0.25) is 0 Å². The van der Waals surface area contributed by atoms with Gasteiger partial charge in [0.05, 0.1) is 18.4 Å². The van der Waals surface area contributed by atoms with Crippen molar-refractivity contribution in [3.8, 4) is 6.07 Å². The third kappa shape index (κ3) is 4.60. The third-order valence-corrected chi connectivity index (χ3v) is 4.38. The van der Waals surface area contributed by atoms with Crippen molar-refractivity contribution in [2.75, 3.05) is 19.0 Å². The number of hydrogen-bond donors (Lipinski definition) is 1. The number of amides is 1. The Morgan fingerprint density at radius 2 is 2.16 bits per heavy atom. The fourth-order valence-corrected chi connectivity index (χ4v) is 3.01. The highest BCUT2D eigenvalue weighted by Gasteiger charge is 2.21. The Hall–Kier alpha value is -2.81. The number of para-hydroxylation sites is 1. The monoisotopic (exact) mass is 341 g/mol. The minimum absolute atomic E-state index is 0.0278. The van der Waals surface area contributed by atoms with Crippen molar-refractivity contribution >= 4 is 17.6 Å². The van der Waals surface area contributed by atoms with Crippen LogP contribution in [0.15, 0.2) is 36.0 Å². The van der Waals surface area contributed by atoms with Crippen LogP contribution in [0.25, 0.3) is 0 Å². The molecule has 6 nitrogen and oxygen atoms in total. The number of carbonyl (C=O) groups excluding carboxylic acids is 2. The summed E-state index contributed by atoms with van der Waals surface area (Å²) in [6.07, 6.45) is 5.91. The lowest BCUT2D eigenvalue weighted by Gasteiger charge is -2.34. The number of carbonyl (C=O) groups is 2. The van der Waals surface area contributed by atoms with Crippen LogP contribution in [0, 0.1) is 11.3 Å². The second kappa shape index (κ2) is 8.88. The van der Waals surface area contributed by atoms with Crippen LogP contribution in [0.4, 0.5) is 5.69 Å². The van der Waals surface area contributed by atoms with Crippen molar-refractivity contribution in [1.82, 2.24) is 4.90 Å². The molecule has 1 saturated heterocycles. The number of esters is 1. The van der Waals surface area contributed by atoms with Gasteiger partial charge < -0.3 is 15.0 Å². The molecule has 1 unspecified atom stereocenters. The highest BCUT2D eigenvalue weighted by atomic mass is 16.5. The Morgan fingerprint density at radius 3 is 2.84 bits per heavy atom. The molecule has 0 aliphatic carbocycles. The van der Waals surface area contributed by atoms with Gasteiger partial charge in [0.15, 0.2) is 0 Å². The number of nitriles is 1. The molecular formula is C19H23N3O3. The van der Waals surface area contributed by atoms with Gasteiger partial charge in [-0.25, -0.2) is 4.79 Å². The number of benzene rings is 1. The molecule has 1 amide bonds. The molecule has 6 heteroatoms. The molecule has 132 valence electrons. The molecule has 1 N–H and O–H groups in total. The van der Waals surface area contributed by atoms with E-state index in [9.17, 15) is 14.9 Å². The van der Waals surface area contributed by atoms with E-state index in [0.717, 1.165) is 25.8 Å². The quantitative estimate of drug-likeness (QED) is 0.505. The van der Waals surface area contributed by atoms with E-state index in [4.69, 9.17) is 4.74 Å². The Morgan fingerprint density at radius 1 is 1.40 bits per heavy atom. The number of piperidine rings is 1. The number of hydrogen-bond acceptors (Lipinski definition) is 5. The minimum Gasteiger partial charge on any atom is -0.465 e. The van der Waals surface area contributed by atoms with E-state index >= 15 is 0 Å². The zero-order valence-corrected chi connectivity index (χ0v) is 14.6. The topological polar surface area (TPSA) is 82.4 Å². The number of nitrogens with zero attached hydrogens (tertiary/aromatic N) is 2. The largest absolute Gasteiger partial charge is 0.465 e. The summed E-state index contributed by atoms with van der Waals surface area (Å²) in [5.41, 5.74) is 0.603. The summed E-state index contributed by atoms with van der Waals surface area (Å²) < 4.78 is 4.72. The fourth-order valence-electron chi connectivity index (χ4n) is 3.01. The molecule has 2 rings (SSSR count). The fraction of sp³-hybridized carbons (Fsp3) is 0.421. The van der Waals surface area contributed by atoms with E-state index in [-0.39, 0.29) is 11.1 Å². The third-order valence-electron chi connectivity index (χ3n) is 4.38. The highest BCUT2D eigenvalue weighted by molar-refractivity contribution is 6.09. The van der Waals surface area contributed by atoms with Crippen LogP contribution < -0.4 is 5.32 Å². The van der Waals surface area contributed by atoms with Gasteiger partial charge in [0.2, 0.25) is 0 Å². The molecule has 0 spiro atoms. The van der Waals surface area contributed by atoms with Crippen LogP contribution >= 0.6 is 0 Å². The van der Waals surface area contributed by atoms with Gasteiger partial charge in [-0.1, -0.05) is 19.1 Å². The lowest BCUT2D eigenvalue weighted by Crippen LogP contribution is -2.35. The maximum atomic E-state index is 12.5. The highest BCUT2D eigenvalue weighted by Crippen LogP contribution is 2.21. The normalized spacial score (nSPS) is 17.6. The van der Waals surface area contributed by atoms with Gasteiger partial charge >= 0.3 is 5.97 Å². The SMILES string of the molecule is CCC1CCCCN1/C=C(/C#N)C(=O)Nc1ccccc1C(=O)OC. The number of ether oxygens (including phenoxy) is 1. The Balaban J connectivity index is 2.20. The first kappa shape index (κ1) is 18.5. The summed E-state index contributed by atoms with van der Waals surface area (Å²) in [6, 6.07) is 8.88. The molecular weight excluding hydrogens is 318 g/mol. The molecule has 0 bridgehead atoms. The second-order valence-corrected chi connectivity index (χ2v) is 5.94. The van der Waals surface area contributed by atoms with Gasteiger partial charge in [-0.2, -0.15) is 5.26 Å². The Bertz CT molecular complexity index is 706. The lowest BCUT2D eigenvalue weighted by molar-refractivity contribution is -0.112. The number of likely N-dealkylation sites (tertiary alicyclic amines) is 1. The zero-order chi connectivity index (χ0) is 18.2. The molecule has 1 aromatic carbocycles. The van der Waals surface area contributed by atoms with Gasteiger partial charge in [-0.3, -0.25) is 4.79 Å². The van der Waals surface area contributed by atoms with Crippen molar-refractivity contribution in [2.45, 2.75) is 38.6 Å². The summed E-state index contributed by atoms with van der Waals surface area (Å²) in [4.78, 5) is 26.4. The Kier molecular flexibility index (Phi) is 6.58. The van der Waals surface area contributed by atoms with Crippen LogP contribution in [0.3, 0.4) is 0 Å². The number of nitrogens with one attached hydrogen (secondary N) is 1. The molecule has 0 saturated carbocycles. The predicted octanol–water partition coefficient (Wildman–Crippen LogP) is 3.08. The van der Waals surface area contributed by atoms with Crippen LogP contribution in [-0.2, 0) is 9.53 Å². The predicted molar refractivity (Wildman–Crippen MR) is 94.7 cm³/mol. The number of anilines is 1. The molecule has 0 radical (unpaired) electrons. The lowest BCUT2D eigenvalue weighted by atomic mass is 10.0. The van der Waals surface area contributed by atoms with Crippen LogP contribution in [0.1, 0.15) is 43.0 Å². The summed E-state index contributed by atoms with van der Waals surface area (Å²) in [5, 5.41) is 12.0. The molecule has 1 aliphatic rings. The van der Waals surface area contributed by atoms with E-state index in [1.54, 1.807) is 30.5 Å². The van der Waals surface area contributed by atoms with Crippen LogP contribution in [0.5, 0.6) is 0 Å². The van der Waals surface area contributed by atoms with E-state index < -0.39 is 11.9 Å². The maximum Gasteiger partial charge on any atom is 0.339 e. The average Bonchev–Trinajstić information content (AvgIpc) is 2.66. The Labute approximate surface area is 148 Å². The second-order valence-electron chi connectivity index (χ2n) is 5.94. The van der Waals surface area contributed by atoms with Gasteiger partial charge in [-0.05, 0) is 37.8 Å². The van der Waals surface area contributed by atoms with E-state index in [1.165, 1.54) is 13.5 Å². The molecule has 1 aromatic rings. The zero-order valence-electron chi connectivity index (χ0n) is 14.6. The molecule has 1 aliphatic heterocycles. The van der Waals surface area contributed by atoms with E-state index in [1.807, 2.05) is 6.07 Å². The number of methoxy groups -OCH3 is 1. The van der Waals surface area contributed by atoms with Gasteiger partial charge in [0.25, 0.3) is 5.91 Å². The molecule has 0 aromatic heterocycles. The summed E-state index contributed by atoms with van der Waals surface area (Å²) >= 11 is 0. The molecule has 1 heterocycles. The first-order chi connectivity index (χ1) is 12.1. The van der Waals surface area contributed by atoms with E-state index in [2.05, 4.69) is 17.1 Å². The van der Waals surface area contributed by atoms with Gasteiger partial charge in [0.1, 0.15) is 11.6 Å². The number of rotatable bonds is 5. The smallest absolute Gasteiger partial charge is 0.339 e. The van der Waals surface area contributed by atoms with Crippen molar-refractivity contribution in [3.63, 3.8) is 0 Å². The minimum atomic E-state index is -0.541. The van der Waals surface area contributed by atoms with Gasteiger partial charge in [0, 0.05) is 18.8 Å². The average molecular weight is 341 g/mol. The summed E-state index contributed by atoms with van der Waals surface area (Å²) in [5.74, 6) is -1.07. The standard InChI is InChI=1S/C19H23N3O3/c1-3-15-8-6-7-11-22(15)13-14(12-20)18(23)21-17-10-5-4-9-16(17)19(24)25-2/h4-5,9-10,13,15H,3,6-8,11H2,1-2H3,(H,21,23)/b14-13-. The van der Waals surface area contributed by atoms with E-state index in [0.29, 0.717) is 11.7 Å². The first-order valence-electron chi connectivity index (χ1n) is 8.47. The maximum absolute atomic E-state index is 12.5. The van der Waals surface area contributed by atoms with Crippen molar-refractivity contribution in [3.05, 3.63) is 41.6 Å². The summed E-state index contributed by atoms with van der Waals surface area (Å²) in [6.45, 7) is 2.95. The molecule has 1 fully saturated rings. The van der Waals surface area contributed by atoms with Crippen molar-refractivity contribution < 1.29 is 14.3 Å². The first-order valence-corrected chi connectivity index (χ1v) is 8.47. The van der Waals surface area contributed by atoms with Crippen molar-refractivity contribution in [2.24, 2.45) is 0 Å². The van der Waals surface area contributed by atoms with Gasteiger partial charge in [-0.15, -0.1) is 0 Å². The molecule has 25 heavy (non-hydrogen) atoms. The van der Waals surface area contributed by atoms with Crippen LogP contribution in [-0.4, -0.2) is 36.5 Å². The summed E-state index contributed by atoms with van der Waals surface area (Å²) in [7, 11) is 1.28. The van der Waals surface area contributed by atoms with Crippen molar-refractivity contribution in [1.29, 1.82) is 5.26 Å².